The predicted molar refractivity (Wildman–Crippen MR) is 134 cm³/mol. The van der Waals surface area contributed by atoms with Crippen LogP contribution in [0, 0.1) is 52.3 Å². The fraction of sp³-hybridized carbons (Fsp3) is 0.967. The van der Waals surface area contributed by atoms with Gasteiger partial charge in [0.05, 0.1) is 19.3 Å². The molecule has 6 fully saturated rings. The topological polar surface area (TPSA) is 54.0 Å². The number of fused-ring (bicyclic) bond motifs is 7. The number of hydrogen-bond donors (Lipinski definition) is 0. The minimum Gasteiger partial charge on any atom is -0.435 e. The van der Waals surface area contributed by atoms with Crippen molar-refractivity contribution in [1.29, 1.82) is 0 Å². The Hall–Kier alpha value is -0.810. The van der Waals surface area contributed by atoms with Gasteiger partial charge in [-0.2, -0.15) is 0 Å². The number of carbonyl (C=O) groups excluding carboxylic acids is 1. The Morgan fingerprint density at radius 1 is 0.971 bits per heavy atom. The summed E-state index contributed by atoms with van der Waals surface area (Å²) in [5.74, 6) is 4.57. The Morgan fingerprint density at radius 3 is 2.54 bits per heavy atom. The van der Waals surface area contributed by atoms with E-state index in [0.717, 1.165) is 43.6 Å². The van der Waals surface area contributed by atoms with Crippen LogP contribution in [0.5, 0.6) is 0 Å². The summed E-state index contributed by atoms with van der Waals surface area (Å²) < 4.78 is 24.1. The highest BCUT2D eigenvalue weighted by atomic mass is 16.7. The first-order chi connectivity index (χ1) is 16.7. The summed E-state index contributed by atoms with van der Waals surface area (Å²) in [6.45, 7) is 13.1. The number of carbonyl (C=O) groups is 1. The molecule has 2 heterocycles. The van der Waals surface area contributed by atoms with Crippen LogP contribution < -0.4 is 0 Å². The standard InChI is InChI=1S/C30H48O5/c1-6-32-27(31)34-21-9-12-28(4)20(15-21)7-8-22-23(28)10-13-29(5)24(22)16-25-26(29)19(3)30(35-25)17-18(2)11-14-33-30/h18-26H,6-17H2,1-5H3/t18-,19?,20?,21+,22?,23?,24?,25+,26?,28+,29+,30-/m1/s1. The van der Waals surface area contributed by atoms with E-state index in [0.29, 0.717) is 47.2 Å². The van der Waals surface area contributed by atoms with E-state index >= 15 is 0 Å². The van der Waals surface area contributed by atoms with Crippen LogP contribution in [0.15, 0.2) is 0 Å². The molecule has 12 atom stereocenters. The molecule has 4 aliphatic carbocycles. The lowest BCUT2D eigenvalue weighted by Crippen LogP contribution is -2.55. The van der Waals surface area contributed by atoms with Gasteiger partial charge >= 0.3 is 6.16 Å². The maximum atomic E-state index is 11.9. The van der Waals surface area contributed by atoms with E-state index in [1.807, 2.05) is 6.92 Å². The second-order valence-electron chi connectivity index (χ2n) is 13.9. The fourth-order valence-electron chi connectivity index (χ4n) is 10.8. The molecule has 2 saturated heterocycles. The van der Waals surface area contributed by atoms with Crippen LogP contribution in [0.3, 0.4) is 0 Å². The van der Waals surface area contributed by atoms with Gasteiger partial charge in [0.1, 0.15) is 6.10 Å². The molecular formula is C30H48O5. The molecule has 0 N–H and O–H groups in total. The van der Waals surface area contributed by atoms with Gasteiger partial charge in [0.2, 0.25) is 0 Å². The molecule has 0 aromatic carbocycles. The van der Waals surface area contributed by atoms with Crippen LogP contribution in [0.25, 0.3) is 0 Å². The molecule has 1 spiro atoms. The highest BCUT2D eigenvalue weighted by molar-refractivity contribution is 5.60. The summed E-state index contributed by atoms with van der Waals surface area (Å²) in [4.78, 5) is 11.9. The van der Waals surface area contributed by atoms with Crippen LogP contribution in [-0.4, -0.2) is 37.4 Å². The first kappa shape index (κ1) is 24.5. The average Bonchev–Trinajstić information content (AvgIpc) is 3.24. The third kappa shape index (κ3) is 3.64. The molecule has 0 amide bonds. The van der Waals surface area contributed by atoms with Crippen LogP contribution in [0.4, 0.5) is 4.79 Å². The van der Waals surface area contributed by atoms with E-state index < -0.39 is 6.16 Å². The molecule has 5 nitrogen and oxygen atoms in total. The molecule has 6 unspecified atom stereocenters. The molecule has 2 aliphatic heterocycles. The van der Waals surface area contributed by atoms with Crippen molar-refractivity contribution in [3.05, 3.63) is 0 Å². The molecule has 0 aromatic heterocycles. The highest BCUT2D eigenvalue weighted by Gasteiger charge is 2.69. The fourth-order valence-corrected chi connectivity index (χ4v) is 10.8. The summed E-state index contributed by atoms with van der Waals surface area (Å²) in [6, 6.07) is 0. The van der Waals surface area contributed by atoms with Gasteiger partial charge in [0.15, 0.2) is 5.79 Å². The quantitative estimate of drug-likeness (QED) is 0.393. The first-order valence-electron chi connectivity index (χ1n) is 14.9. The van der Waals surface area contributed by atoms with Gasteiger partial charge in [0, 0.05) is 12.3 Å². The molecule has 0 bridgehead atoms. The van der Waals surface area contributed by atoms with Crippen LogP contribution in [0.2, 0.25) is 0 Å². The van der Waals surface area contributed by atoms with Crippen molar-refractivity contribution in [1.82, 2.24) is 0 Å². The molecule has 0 aromatic rings. The van der Waals surface area contributed by atoms with Crippen LogP contribution in [-0.2, 0) is 18.9 Å². The molecule has 0 radical (unpaired) electrons. The van der Waals surface area contributed by atoms with E-state index in [4.69, 9.17) is 18.9 Å². The van der Waals surface area contributed by atoms with Crippen molar-refractivity contribution in [3.63, 3.8) is 0 Å². The normalized spacial score (nSPS) is 54.9. The lowest BCUT2D eigenvalue weighted by molar-refractivity contribution is -0.273. The monoisotopic (exact) mass is 488 g/mol. The lowest BCUT2D eigenvalue weighted by Gasteiger charge is -2.61. The van der Waals surface area contributed by atoms with Crippen molar-refractivity contribution in [2.24, 2.45) is 52.3 Å². The minimum atomic E-state index is -0.482. The number of rotatable bonds is 2. The zero-order valence-electron chi connectivity index (χ0n) is 22.7. The zero-order chi connectivity index (χ0) is 24.6. The Labute approximate surface area is 212 Å². The van der Waals surface area contributed by atoms with E-state index in [1.54, 1.807) is 0 Å². The van der Waals surface area contributed by atoms with E-state index in [-0.39, 0.29) is 11.9 Å². The predicted octanol–water partition coefficient (Wildman–Crippen LogP) is 6.97. The summed E-state index contributed by atoms with van der Waals surface area (Å²) in [5, 5.41) is 0. The molecule has 6 aliphatic rings. The van der Waals surface area contributed by atoms with Gasteiger partial charge in [0.25, 0.3) is 0 Å². The number of hydrogen-bond acceptors (Lipinski definition) is 5. The SMILES string of the molecule is CCOC(=O)O[C@H]1CC[C@@]2(C)C(CCC3C2CC[C@@]2(C)C3C[C@@H]3O[C@]4(C[C@H](C)CCO4)C(C)C32)C1. The average molecular weight is 489 g/mol. The van der Waals surface area contributed by atoms with Gasteiger partial charge < -0.3 is 18.9 Å². The highest BCUT2D eigenvalue weighted by Crippen LogP contribution is 2.71. The molecule has 4 saturated carbocycles. The Bertz CT molecular complexity index is 830. The molecule has 198 valence electrons. The maximum Gasteiger partial charge on any atom is 0.508 e. The summed E-state index contributed by atoms with van der Waals surface area (Å²) >= 11 is 0. The van der Waals surface area contributed by atoms with E-state index in [1.165, 1.54) is 44.9 Å². The summed E-state index contributed by atoms with van der Waals surface area (Å²) in [6.07, 6.45) is 11.9. The van der Waals surface area contributed by atoms with Gasteiger partial charge in [-0.3, -0.25) is 0 Å². The Balaban J connectivity index is 1.18. The molecule has 35 heavy (non-hydrogen) atoms. The van der Waals surface area contributed by atoms with Crippen LogP contribution >= 0.6 is 0 Å². The van der Waals surface area contributed by atoms with Gasteiger partial charge in [-0.05, 0) is 111 Å². The van der Waals surface area contributed by atoms with Gasteiger partial charge in [-0.1, -0.05) is 27.7 Å². The Morgan fingerprint density at radius 2 is 1.77 bits per heavy atom. The van der Waals surface area contributed by atoms with E-state index in [2.05, 4.69) is 27.7 Å². The van der Waals surface area contributed by atoms with Crippen molar-refractivity contribution in [3.8, 4) is 0 Å². The Kier molecular flexibility index (Phi) is 6.03. The minimum absolute atomic E-state index is 0.0340. The molecule has 6 rings (SSSR count). The van der Waals surface area contributed by atoms with Crippen molar-refractivity contribution < 1.29 is 23.7 Å². The molecular weight excluding hydrogens is 440 g/mol. The second-order valence-corrected chi connectivity index (χ2v) is 13.9. The summed E-state index contributed by atoms with van der Waals surface area (Å²) in [5.41, 5.74) is 0.762. The van der Waals surface area contributed by atoms with Crippen molar-refractivity contribution in [2.45, 2.75) is 117 Å². The maximum absolute atomic E-state index is 11.9. The second kappa shape index (κ2) is 8.61. The van der Waals surface area contributed by atoms with Gasteiger partial charge in [-0.25, -0.2) is 4.79 Å². The van der Waals surface area contributed by atoms with Crippen LogP contribution in [0.1, 0.15) is 98.8 Å². The van der Waals surface area contributed by atoms with Crippen molar-refractivity contribution >= 4 is 6.16 Å². The lowest BCUT2D eigenvalue weighted by atomic mass is 9.44. The largest absolute Gasteiger partial charge is 0.508 e. The first-order valence-corrected chi connectivity index (χ1v) is 14.9. The summed E-state index contributed by atoms with van der Waals surface area (Å²) in [7, 11) is 0. The zero-order valence-corrected chi connectivity index (χ0v) is 22.7. The third-order valence-electron chi connectivity index (χ3n) is 12.4. The number of ether oxygens (including phenoxy) is 4. The van der Waals surface area contributed by atoms with Gasteiger partial charge in [-0.15, -0.1) is 0 Å². The molecule has 5 heteroatoms. The van der Waals surface area contributed by atoms with E-state index in [9.17, 15) is 4.79 Å². The van der Waals surface area contributed by atoms with Crippen molar-refractivity contribution in [2.75, 3.05) is 13.2 Å². The third-order valence-corrected chi connectivity index (χ3v) is 12.4. The smallest absolute Gasteiger partial charge is 0.435 e.